The first kappa shape index (κ1) is 12.4. The maximum Gasteiger partial charge on any atom is 0.337 e. The maximum atomic E-state index is 11.4. The van der Waals surface area contributed by atoms with Crippen LogP contribution in [0.5, 0.6) is 0 Å². The van der Waals surface area contributed by atoms with E-state index in [0.29, 0.717) is 12.1 Å². The van der Waals surface area contributed by atoms with E-state index < -0.39 is 5.97 Å². The number of carbonyl (C=O) groups is 1. The van der Waals surface area contributed by atoms with Gasteiger partial charge in [-0.25, -0.2) is 4.79 Å². The SMILES string of the molecule is Cc1cccc2c(C(=O)O)cn(Cc3ccncc3)c12. The van der Waals surface area contributed by atoms with Crippen LogP contribution < -0.4 is 0 Å². The molecule has 0 aliphatic heterocycles. The number of hydrogen-bond donors (Lipinski definition) is 1. The Morgan fingerprint density at radius 1 is 1.25 bits per heavy atom. The van der Waals surface area contributed by atoms with Crippen LogP contribution >= 0.6 is 0 Å². The molecule has 3 rings (SSSR count). The summed E-state index contributed by atoms with van der Waals surface area (Å²) in [6, 6.07) is 9.61. The van der Waals surface area contributed by atoms with Crippen molar-refractivity contribution in [1.82, 2.24) is 9.55 Å². The molecule has 0 bridgehead atoms. The Bertz CT molecular complexity index is 776. The van der Waals surface area contributed by atoms with Gasteiger partial charge in [-0.2, -0.15) is 0 Å². The summed E-state index contributed by atoms with van der Waals surface area (Å²) in [6.45, 7) is 2.63. The fraction of sp³-hybridized carbons (Fsp3) is 0.125. The minimum Gasteiger partial charge on any atom is -0.478 e. The Morgan fingerprint density at radius 3 is 2.70 bits per heavy atom. The van der Waals surface area contributed by atoms with Crippen LogP contribution in [0.1, 0.15) is 21.5 Å². The van der Waals surface area contributed by atoms with Gasteiger partial charge in [0, 0.05) is 30.5 Å². The molecule has 20 heavy (non-hydrogen) atoms. The second-order valence-electron chi connectivity index (χ2n) is 4.80. The summed E-state index contributed by atoms with van der Waals surface area (Å²) in [5, 5.41) is 10.1. The molecule has 4 heteroatoms. The predicted octanol–water partition coefficient (Wildman–Crippen LogP) is 3.09. The predicted molar refractivity (Wildman–Crippen MR) is 77.0 cm³/mol. The Labute approximate surface area is 116 Å². The van der Waals surface area contributed by atoms with Crippen LogP contribution in [0.15, 0.2) is 48.9 Å². The standard InChI is InChI=1S/C16H14N2O2/c1-11-3-2-4-13-14(16(19)20)10-18(15(11)13)9-12-5-7-17-8-6-12/h2-8,10H,9H2,1H3,(H,19,20). The van der Waals surface area contributed by atoms with E-state index in [-0.39, 0.29) is 0 Å². The van der Waals surface area contributed by atoms with Crippen LogP contribution in [0, 0.1) is 6.92 Å². The van der Waals surface area contributed by atoms with Crippen LogP contribution in [0.3, 0.4) is 0 Å². The van der Waals surface area contributed by atoms with Crippen LogP contribution in [-0.2, 0) is 6.54 Å². The van der Waals surface area contributed by atoms with Crippen molar-refractivity contribution in [2.75, 3.05) is 0 Å². The molecule has 2 heterocycles. The van der Waals surface area contributed by atoms with Gasteiger partial charge < -0.3 is 9.67 Å². The van der Waals surface area contributed by atoms with Crippen molar-refractivity contribution in [2.24, 2.45) is 0 Å². The van der Waals surface area contributed by atoms with Gasteiger partial charge in [0.2, 0.25) is 0 Å². The molecule has 2 aromatic heterocycles. The summed E-state index contributed by atoms with van der Waals surface area (Å²) in [4.78, 5) is 15.4. The van der Waals surface area contributed by atoms with E-state index in [1.54, 1.807) is 18.6 Å². The minimum absolute atomic E-state index is 0.345. The van der Waals surface area contributed by atoms with Crippen molar-refractivity contribution in [1.29, 1.82) is 0 Å². The van der Waals surface area contributed by atoms with Gasteiger partial charge >= 0.3 is 5.97 Å². The first-order valence-electron chi connectivity index (χ1n) is 6.37. The molecule has 3 aromatic rings. The monoisotopic (exact) mass is 266 g/mol. The van der Waals surface area contributed by atoms with Gasteiger partial charge in [-0.1, -0.05) is 18.2 Å². The maximum absolute atomic E-state index is 11.4. The average Bonchev–Trinajstić information content (AvgIpc) is 2.80. The molecule has 0 amide bonds. The van der Waals surface area contributed by atoms with Crippen LogP contribution in [0.25, 0.3) is 10.9 Å². The van der Waals surface area contributed by atoms with Gasteiger partial charge in [0.1, 0.15) is 0 Å². The molecule has 0 atom stereocenters. The van der Waals surface area contributed by atoms with Gasteiger partial charge in [0.25, 0.3) is 0 Å². The van der Waals surface area contributed by atoms with Crippen molar-refractivity contribution in [3.63, 3.8) is 0 Å². The van der Waals surface area contributed by atoms with Crippen LogP contribution in [0.2, 0.25) is 0 Å². The highest BCUT2D eigenvalue weighted by molar-refractivity contribution is 6.04. The van der Waals surface area contributed by atoms with E-state index in [2.05, 4.69) is 4.98 Å². The van der Waals surface area contributed by atoms with Gasteiger partial charge in [-0.15, -0.1) is 0 Å². The Morgan fingerprint density at radius 2 is 2.00 bits per heavy atom. The highest BCUT2D eigenvalue weighted by Gasteiger charge is 2.15. The lowest BCUT2D eigenvalue weighted by Crippen LogP contribution is -1.99. The summed E-state index contributed by atoms with van der Waals surface area (Å²) in [6.07, 6.45) is 5.19. The van der Waals surface area contributed by atoms with E-state index in [9.17, 15) is 9.90 Å². The van der Waals surface area contributed by atoms with Crippen molar-refractivity contribution in [3.05, 3.63) is 65.6 Å². The molecule has 0 unspecified atom stereocenters. The van der Waals surface area contributed by atoms with Crippen LogP contribution in [-0.4, -0.2) is 20.6 Å². The zero-order valence-electron chi connectivity index (χ0n) is 11.1. The lowest BCUT2D eigenvalue weighted by Gasteiger charge is -2.07. The number of nitrogens with zero attached hydrogens (tertiary/aromatic N) is 2. The van der Waals surface area contributed by atoms with E-state index in [0.717, 1.165) is 22.0 Å². The number of aromatic carboxylic acids is 1. The summed E-state index contributed by atoms with van der Waals surface area (Å²) in [5.74, 6) is -0.894. The van der Waals surface area contributed by atoms with E-state index in [1.165, 1.54) is 0 Å². The van der Waals surface area contributed by atoms with Gasteiger partial charge in [-0.3, -0.25) is 4.98 Å². The molecule has 0 saturated carbocycles. The number of benzene rings is 1. The second-order valence-corrected chi connectivity index (χ2v) is 4.80. The zero-order valence-corrected chi connectivity index (χ0v) is 11.1. The molecule has 0 radical (unpaired) electrons. The van der Waals surface area contributed by atoms with Crippen molar-refractivity contribution >= 4 is 16.9 Å². The highest BCUT2D eigenvalue weighted by Crippen LogP contribution is 2.25. The van der Waals surface area contributed by atoms with Crippen molar-refractivity contribution < 1.29 is 9.90 Å². The number of fused-ring (bicyclic) bond motifs is 1. The second kappa shape index (κ2) is 4.81. The smallest absolute Gasteiger partial charge is 0.337 e. The molecule has 0 aliphatic rings. The normalized spacial score (nSPS) is 10.8. The number of hydrogen-bond acceptors (Lipinski definition) is 2. The minimum atomic E-state index is -0.894. The Balaban J connectivity index is 2.18. The number of carboxylic acids is 1. The lowest BCUT2D eigenvalue weighted by atomic mass is 10.1. The number of pyridine rings is 1. The molecule has 1 aromatic carbocycles. The summed E-state index contributed by atoms with van der Waals surface area (Å²) in [7, 11) is 0. The van der Waals surface area contributed by atoms with E-state index >= 15 is 0 Å². The van der Waals surface area contributed by atoms with E-state index in [4.69, 9.17) is 0 Å². The topological polar surface area (TPSA) is 55.1 Å². The summed E-state index contributed by atoms with van der Waals surface area (Å²) >= 11 is 0. The molecule has 0 saturated heterocycles. The third-order valence-electron chi connectivity index (χ3n) is 3.43. The molecule has 0 fully saturated rings. The third-order valence-corrected chi connectivity index (χ3v) is 3.43. The molecule has 0 aliphatic carbocycles. The molecule has 0 spiro atoms. The van der Waals surface area contributed by atoms with Gasteiger partial charge in [0.15, 0.2) is 0 Å². The van der Waals surface area contributed by atoms with E-state index in [1.807, 2.05) is 41.8 Å². The molecule has 100 valence electrons. The highest BCUT2D eigenvalue weighted by atomic mass is 16.4. The zero-order chi connectivity index (χ0) is 14.1. The average molecular weight is 266 g/mol. The molecule has 1 N–H and O–H groups in total. The van der Waals surface area contributed by atoms with Crippen molar-refractivity contribution in [2.45, 2.75) is 13.5 Å². The number of para-hydroxylation sites is 1. The fourth-order valence-corrected chi connectivity index (χ4v) is 2.53. The lowest BCUT2D eigenvalue weighted by molar-refractivity contribution is 0.0699. The van der Waals surface area contributed by atoms with Crippen LogP contribution in [0.4, 0.5) is 0 Å². The Kier molecular flexibility index (Phi) is 2.99. The largest absolute Gasteiger partial charge is 0.478 e. The van der Waals surface area contributed by atoms with Gasteiger partial charge in [0.05, 0.1) is 11.1 Å². The fourth-order valence-electron chi connectivity index (χ4n) is 2.53. The molecular weight excluding hydrogens is 252 g/mol. The number of aromatic nitrogens is 2. The molecular formula is C16H14N2O2. The number of carboxylic acid groups (broad SMARTS) is 1. The van der Waals surface area contributed by atoms with Crippen molar-refractivity contribution in [3.8, 4) is 0 Å². The number of aryl methyl sites for hydroxylation is 1. The Hall–Kier alpha value is -2.62. The number of rotatable bonds is 3. The van der Waals surface area contributed by atoms with Gasteiger partial charge in [-0.05, 0) is 30.2 Å². The summed E-state index contributed by atoms with van der Waals surface area (Å²) in [5.41, 5.74) is 3.49. The first-order chi connectivity index (χ1) is 9.66. The summed E-state index contributed by atoms with van der Waals surface area (Å²) < 4.78 is 1.99. The quantitative estimate of drug-likeness (QED) is 0.792. The molecule has 4 nitrogen and oxygen atoms in total. The first-order valence-corrected chi connectivity index (χ1v) is 6.37. The third kappa shape index (κ3) is 2.05.